The molecule has 142 valence electrons. The molecule has 0 aliphatic carbocycles. The van der Waals surface area contributed by atoms with Crippen molar-refractivity contribution in [3.8, 4) is 5.75 Å². The molecule has 0 radical (unpaired) electrons. The Kier molecular flexibility index (Phi) is 6.44. The topological polar surface area (TPSA) is 65.4 Å². The van der Waals surface area contributed by atoms with Crippen LogP contribution in [-0.2, 0) is 22.5 Å². The lowest BCUT2D eigenvalue weighted by Crippen LogP contribution is -2.28. The molecule has 0 aliphatic heterocycles. The van der Waals surface area contributed by atoms with Gasteiger partial charge in [0.2, 0.25) is 5.91 Å². The molecule has 27 heavy (non-hydrogen) atoms. The minimum absolute atomic E-state index is 0.0896. The molecule has 0 bridgehead atoms. The summed E-state index contributed by atoms with van der Waals surface area (Å²) in [6.45, 7) is 1.38. The number of aromatic nitrogens is 2. The predicted molar refractivity (Wildman–Crippen MR) is 105 cm³/mol. The van der Waals surface area contributed by atoms with Crippen LogP contribution in [0.2, 0.25) is 0 Å². The fraction of sp³-hybridized carbons (Fsp3) is 0.333. The Bertz CT molecular complexity index is 905. The predicted octanol–water partition coefficient (Wildman–Crippen LogP) is 2.79. The van der Waals surface area contributed by atoms with Crippen molar-refractivity contribution >= 4 is 16.9 Å². The first kappa shape index (κ1) is 18.9. The van der Waals surface area contributed by atoms with Gasteiger partial charge in [-0.1, -0.05) is 30.3 Å². The Morgan fingerprint density at radius 2 is 1.89 bits per heavy atom. The standard InChI is InChI=1S/C21H25N3O3/c1-26-15-21(25)22-13-7-12-20-23-17-9-4-5-10-18(17)24(20)14-16-8-3-6-11-19(16)27-2/h3-6,8-11H,7,12-15H2,1-2H3,(H,22,25). The van der Waals surface area contributed by atoms with Gasteiger partial charge in [0.05, 0.1) is 24.7 Å². The Balaban J connectivity index is 1.78. The second-order valence-corrected chi connectivity index (χ2v) is 6.30. The number of ether oxygens (including phenoxy) is 2. The van der Waals surface area contributed by atoms with Crippen LogP contribution in [0, 0.1) is 0 Å². The highest BCUT2D eigenvalue weighted by Crippen LogP contribution is 2.23. The molecule has 0 saturated carbocycles. The summed E-state index contributed by atoms with van der Waals surface area (Å²) in [5, 5.41) is 2.85. The second-order valence-electron chi connectivity index (χ2n) is 6.30. The summed E-state index contributed by atoms with van der Waals surface area (Å²) >= 11 is 0. The molecule has 0 unspecified atom stereocenters. The first-order valence-electron chi connectivity index (χ1n) is 9.04. The third kappa shape index (κ3) is 4.65. The van der Waals surface area contributed by atoms with E-state index in [4.69, 9.17) is 14.5 Å². The van der Waals surface area contributed by atoms with E-state index in [2.05, 4.69) is 22.0 Å². The number of rotatable bonds is 9. The monoisotopic (exact) mass is 367 g/mol. The molecule has 6 heteroatoms. The number of carbonyl (C=O) groups excluding carboxylic acids is 1. The molecule has 1 aromatic heterocycles. The Morgan fingerprint density at radius 1 is 1.11 bits per heavy atom. The van der Waals surface area contributed by atoms with E-state index in [0.29, 0.717) is 13.1 Å². The van der Waals surface area contributed by atoms with Gasteiger partial charge in [0.25, 0.3) is 0 Å². The van der Waals surface area contributed by atoms with Gasteiger partial charge in [0.1, 0.15) is 18.2 Å². The van der Waals surface area contributed by atoms with Crippen molar-refractivity contribution in [1.82, 2.24) is 14.9 Å². The lowest BCUT2D eigenvalue weighted by atomic mass is 10.2. The van der Waals surface area contributed by atoms with Crippen LogP contribution in [0.25, 0.3) is 11.0 Å². The molecule has 6 nitrogen and oxygen atoms in total. The van der Waals surface area contributed by atoms with E-state index >= 15 is 0 Å². The zero-order valence-electron chi connectivity index (χ0n) is 15.8. The summed E-state index contributed by atoms with van der Waals surface area (Å²) in [7, 11) is 3.20. The fourth-order valence-electron chi connectivity index (χ4n) is 3.15. The Morgan fingerprint density at radius 3 is 2.70 bits per heavy atom. The van der Waals surface area contributed by atoms with Gasteiger partial charge in [-0.2, -0.15) is 0 Å². The first-order chi connectivity index (χ1) is 13.2. The molecule has 1 amide bonds. The molecule has 2 aromatic carbocycles. The minimum atomic E-state index is -0.0972. The normalized spacial score (nSPS) is 10.9. The molecule has 0 atom stereocenters. The minimum Gasteiger partial charge on any atom is -0.496 e. The number of nitrogens with one attached hydrogen (secondary N) is 1. The van der Waals surface area contributed by atoms with Gasteiger partial charge in [0.15, 0.2) is 0 Å². The van der Waals surface area contributed by atoms with Crippen LogP contribution in [0.1, 0.15) is 17.8 Å². The highest BCUT2D eigenvalue weighted by Gasteiger charge is 2.13. The number of benzene rings is 2. The van der Waals surface area contributed by atoms with E-state index < -0.39 is 0 Å². The van der Waals surface area contributed by atoms with E-state index in [1.807, 2.05) is 36.4 Å². The third-order valence-corrected chi connectivity index (χ3v) is 4.43. The molecular formula is C21H25N3O3. The van der Waals surface area contributed by atoms with Crippen molar-refractivity contribution in [3.05, 3.63) is 59.9 Å². The van der Waals surface area contributed by atoms with Gasteiger partial charge < -0.3 is 19.4 Å². The van der Waals surface area contributed by atoms with E-state index in [1.54, 1.807) is 7.11 Å². The van der Waals surface area contributed by atoms with E-state index in [9.17, 15) is 4.79 Å². The highest BCUT2D eigenvalue weighted by atomic mass is 16.5. The molecule has 0 fully saturated rings. The summed E-state index contributed by atoms with van der Waals surface area (Å²) in [5.74, 6) is 1.77. The maximum absolute atomic E-state index is 11.5. The largest absolute Gasteiger partial charge is 0.496 e. The van der Waals surface area contributed by atoms with Crippen LogP contribution < -0.4 is 10.1 Å². The highest BCUT2D eigenvalue weighted by molar-refractivity contribution is 5.77. The number of amides is 1. The van der Waals surface area contributed by atoms with Crippen molar-refractivity contribution in [2.45, 2.75) is 19.4 Å². The maximum atomic E-state index is 11.5. The van der Waals surface area contributed by atoms with Gasteiger partial charge in [-0.05, 0) is 24.6 Å². The van der Waals surface area contributed by atoms with Crippen LogP contribution >= 0.6 is 0 Å². The van der Waals surface area contributed by atoms with Crippen LogP contribution in [0.4, 0.5) is 0 Å². The van der Waals surface area contributed by atoms with E-state index in [1.165, 1.54) is 7.11 Å². The average Bonchev–Trinajstić information content (AvgIpc) is 3.03. The molecule has 0 saturated heterocycles. The van der Waals surface area contributed by atoms with Crippen molar-refractivity contribution in [2.24, 2.45) is 0 Å². The number of methoxy groups -OCH3 is 2. The fourth-order valence-corrected chi connectivity index (χ4v) is 3.15. The lowest BCUT2D eigenvalue weighted by Gasteiger charge is -2.13. The molecular weight excluding hydrogens is 342 g/mol. The van der Waals surface area contributed by atoms with Gasteiger partial charge >= 0.3 is 0 Å². The van der Waals surface area contributed by atoms with Crippen molar-refractivity contribution in [3.63, 3.8) is 0 Å². The van der Waals surface area contributed by atoms with Gasteiger partial charge in [-0.3, -0.25) is 4.79 Å². The van der Waals surface area contributed by atoms with Crippen LogP contribution in [0.3, 0.4) is 0 Å². The summed E-state index contributed by atoms with van der Waals surface area (Å²) in [6.07, 6.45) is 1.59. The lowest BCUT2D eigenvalue weighted by molar-refractivity contribution is -0.124. The molecule has 1 heterocycles. The molecule has 1 N–H and O–H groups in total. The van der Waals surface area contributed by atoms with Crippen molar-refractivity contribution in [2.75, 3.05) is 27.4 Å². The number of nitrogens with zero attached hydrogens (tertiary/aromatic N) is 2. The van der Waals surface area contributed by atoms with Crippen molar-refractivity contribution < 1.29 is 14.3 Å². The molecule has 3 rings (SSSR count). The summed E-state index contributed by atoms with van der Waals surface area (Å²) in [5.41, 5.74) is 3.19. The molecule has 0 aliphatic rings. The Hall–Kier alpha value is -2.86. The number of fused-ring (bicyclic) bond motifs is 1. The number of hydrogen-bond acceptors (Lipinski definition) is 4. The second kappa shape index (κ2) is 9.19. The smallest absolute Gasteiger partial charge is 0.245 e. The maximum Gasteiger partial charge on any atom is 0.245 e. The number of carbonyl (C=O) groups is 1. The zero-order chi connectivity index (χ0) is 19.1. The van der Waals surface area contributed by atoms with Gasteiger partial charge in [0, 0.05) is 25.6 Å². The molecule has 3 aromatic rings. The summed E-state index contributed by atoms with van der Waals surface area (Å²) in [4.78, 5) is 16.3. The van der Waals surface area contributed by atoms with Crippen LogP contribution in [0.5, 0.6) is 5.75 Å². The van der Waals surface area contributed by atoms with Crippen LogP contribution in [-0.4, -0.2) is 42.8 Å². The Labute approximate surface area is 159 Å². The van der Waals surface area contributed by atoms with Crippen LogP contribution in [0.15, 0.2) is 48.5 Å². The number of para-hydroxylation sites is 3. The summed E-state index contributed by atoms with van der Waals surface area (Å²) in [6, 6.07) is 16.2. The van der Waals surface area contributed by atoms with Crippen molar-refractivity contribution in [1.29, 1.82) is 0 Å². The average molecular weight is 367 g/mol. The zero-order valence-corrected chi connectivity index (χ0v) is 15.8. The SMILES string of the molecule is COCC(=O)NCCCc1nc2ccccc2n1Cc1ccccc1OC. The van der Waals surface area contributed by atoms with E-state index in [0.717, 1.165) is 41.0 Å². The first-order valence-corrected chi connectivity index (χ1v) is 9.04. The third-order valence-electron chi connectivity index (χ3n) is 4.43. The van der Waals surface area contributed by atoms with E-state index in [-0.39, 0.29) is 12.5 Å². The molecule has 0 spiro atoms. The summed E-state index contributed by atoms with van der Waals surface area (Å²) < 4.78 is 12.6. The van der Waals surface area contributed by atoms with Gasteiger partial charge in [-0.15, -0.1) is 0 Å². The quantitative estimate of drug-likeness (QED) is 0.591. The van der Waals surface area contributed by atoms with Gasteiger partial charge in [-0.25, -0.2) is 4.98 Å². The number of aryl methyl sites for hydroxylation is 1. The number of hydrogen-bond donors (Lipinski definition) is 1. The number of imidazole rings is 1.